The van der Waals surface area contributed by atoms with Gasteiger partial charge < -0.3 is 14.9 Å². The van der Waals surface area contributed by atoms with E-state index in [0.29, 0.717) is 6.54 Å². The van der Waals surface area contributed by atoms with Crippen LogP contribution in [0.5, 0.6) is 0 Å². The van der Waals surface area contributed by atoms with Gasteiger partial charge in [0.2, 0.25) is 5.91 Å². The van der Waals surface area contributed by atoms with Gasteiger partial charge in [0.25, 0.3) is 0 Å². The van der Waals surface area contributed by atoms with Crippen molar-refractivity contribution in [3.8, 4) is 0 Å². The molecule has 1 aliphatic heterocycles. The van der Waals surface area contributed by atoms with Gasteiger partial charge in [-0.25, -0.2) is 9.78 Å². The third-order valence-corrected chi connectivity index (χ3v) is 4.83. The number of hydrogen-bond acceptors (Lipinski definition) is 3. The molecular weight excluding hydrogens is 306 g/mol. The summed E-state index contributed by atoms with van der Waals surface area (Å²) >= 11 is 0. The Kier molecular flexibility index (Phi) is 3.44. The molecule has 0 spiro atoms. The van der Waals surface area contributed by atoms with E-state index < -0.39 is 0 Å². The number of amides is 1. The molecule has 24 heavy (non-hydrogen) atoms. The molecule has 0 aromatic carbocycles. The largest absolute Gasteiger partial charge is 0.346 e. The van der Waals surface area contributed by atoms with Gasteiger partial charge in [-0.2, -0.15) is 0 Å². The molecule has 3 aromatic heterocycles. The van der Waals surface area contributed by atoms with Crippen molar-refractivity contribution in [2.45, 2.75) is 32.7 Å². The van der Waals surface area contributed by atoms with Gasteiger partial charge in [-0.15, -0.1) is 0 Å². The topological polar surface area (TPSA) is 86.8 Å². The van der Waals surface area contributed by atoms with Crippen LogP contribution in [0.15, 0.2) is 23.3 Å². The lowest BCUT2D eigenvalue weighted by Crippen LogP contribution is -2.44. The second-order valence-corrected chi connectivity index (χ2v) is 6.80. The summed E-state index contributed by atoms with van der Waals surface area (Å²) in [6, 6.07) is 1.93. The molecule has 3 aromatic rings. The van der Waals surface area contributed by atoms with Crippen molar-refractivity contribution in [2.75, 3.05) is 13.1 Å². The number of hydrogen-bond donors (Lipinski definition) is 2. The van der Waals surface area contributed by atoms with Crippen LogP contribution in [0.4, 0.5) is 0 Å². The molecule has 0 unspecified atom stereocenters. The summed E-state index contributed by atoms with van der Waals surface area (Å²) < 4.78 is 1.81. The van der Waals surface area contributed by atoms with Gasteiger partial charge in [0.15, 0.2) is 0 Å². The number of rotatable bonds is 2. The van der Waals surface area contributed by atoms with Gasteiger partial charge in [-0.1, -0.05) is 13.8 Å². The normalized spacial score (nSPS) is 18.8. The zero-order valence-corrected chi connectivity index (χ0v) is 13.9. The van der Waals surface area contributed by atoms with Crippen molar-refractivity contribution in [3.05, 3.63) is 28.9 Å². The van der Waals surface area contributed by atoms with E-state index in [4.69, 9.17) is 0 Å². The van der Waals surface area contributed by atoms with Crippen LogP contribution in [0.1, 0.15) is 32.7 Å². The van der Waals surface area contributed by atoms with E-state index in [1.165, 1.54) is 0 Å². The molecule has 1 aliphatic rings. The summed E-state index contributed by atoms with van der Waals surface area (Å²) in [6.45, 7) is 5.18. The molecule has 1 saturated heterocycles. The van der Waals surface area contributed by atoms with E-state index in [2.05, 4.69) is 15.0 Å². The lowest BCUT2D eigenvalue weighted by molar-refractivity contribution is -0.136. The van der Waals surface area contributed by atoms with Crippen LogP contribution >= 0.6 is 0 Å². The molecule has 2 N–H and O–H groups in total. The van der Waals surface area contributed by atoms with Crippen molar-refractivity contribution in [1.29, 1.82) is 0 Å². The molecule has 0 radical (unpaired) electrons. The van der Waals surface area contributed by atoms with Gasteiger partial charge in [-0.3, -0.25) is 9.36 Å². The first-order valence-electron chi connectivity index (χ1n) is 8.41. The van der Waals surface area contributed by atoms with E-state index in [0.717, 1.165) is 41.5 Å². The predicted molar refractivity (Wildman–Crippen MR) is 91.9 cm³/mol. The van der Waals surface area contributed by atoms with Crippen LogP contribution in [0.3, 0.4) is 0 Å². The highest BCUT2D eigenvalue weighted by Crippen LogP contribution is 2.28. The molecule has 4 heterocycles. The average Bonchev–Trinajstić information content (AvgIpc) is 3.16. The maximum absolute atomic E-state index is 12.6. The zero-order valence-electron chi connectivity index (χ0n) is 13.9. The minimum absolute atomic E-state index is 0.0109. The number of H-pyrrole nitrogens is 2. The predicted octanol–water partition coefficient (Wildman–Crippen LogP) is 2.03. The second-order valence-electron chi connectivity index (χ2n) is 6.80. The van der Waals surface area contributed by atoms with Crippen LogP contribution in [0, 0.1) is 5.92 Å². The maximum Gasteiger partial charge on any atom is 0.326 e. The van der Waals surface area contributed by atoms with Gasteiger partial charge >= 0.3 is 5.69 Å². The Morgan fingerprint density at radius 1 is 1.42 bits per heavy atom. The minimum Gasteiger partial charge on any atom is -0.346 e. The van der Waals surface area contributed by atoms with Gasteiger partial charge in [0.1, 0.15) is 5.65 Å². The van der Waals surface area contributed by atoms with Crippen LogP contribution in [0.25, 0.3) is 22.1 Å². The summed E-state index contributed by atoms with van der Waals surface area (Å²) in [5.74, 6) is 0.130. The number of nitrogens with zero attached hydrogens (tertiary/aromatic N) is 3. The molecule has 0 saturated carbocycles. The second kappa shape index (κ2) is 5.51. The number of pyridine rings is 1. The van der Waals surface area contributed by atoms with Crippen LogP contribution in [0.2, 0.25) is 0 Å². The Morgan fingerprint density at radius 2 is 2.25 bits per heavy atom. The summed E-state index contributed by atoms with van der Waals surface area (Å²) in [4.78, 5) is 37.1. The highest BCUT2D eigenvalue weighted by molar-refractivity contribution is 6.00. The monoisotopic (exact) mass is 327 g/mol. The van der Waals surface area contributed by atoms with Crippen molar-refractivity contribution in [1.82, 2.24) is 24.4 Å². The SMILES string of the molecule is CC(C)C(=O)N1CCC[C@@H](n2c(=O)[nH]c3cnc4[nH]ccc4c32)C1. The highest BCUT2D eigenvalue weighted by Gasteiger charge is 2.28. The fourth-order valence-corrected chi connectivity index (χ4v) is 3.70. The van der Waals surface area contributed by atoms with Gasteiger partial charge in [0.05, 0.1) is 23.3 Å². The van der Waals surface area contributed by atoms with E-state index >= 15 is 0 Å². The number of imidazole rings is 1. The van der Waals surface area contributed by atoms with E-state index in [1.807, 2.05) is 35.6 Å². The fourth-order valence-electron chi connectivity index (χ4n) is 3.70. The Labute approximate surface area is 138 Å². The number of fused-ring (bicyclic) bond motifs is 3. The van der Waals surface area contributed by atoms with Crippen molar-refractivity contribution >= 4 is 28.0 Å². The molecule has 1 fully saturated rings. The number of piperidine rings is 1. The fraction of sp³-hybridized carbons (Fsp3) is 0.471. The van der Waals surface area contributed by atoms with Gasteiger partial charge in [-0.05, 0) is 18.9 Å². The van der Waals surface area contributed by atoms with E-state index in [1.54, 1.807) is 6.20 Å². The Balaban J connectivity index is 1.81. The van der Waals surface area contributed by atoms with E-state index in [-0.39, 0.29) is 23.6 Å². The Bertz CT molecular complexity index is 964. The molecule has 4 rings (SSSR count). The molecule has 0 aliphatic carbocycles. The smallest absolute Gasteiger partial charge is 0.326 e. The summed E-state index contributed by atoms with van der Waals surface area (Å²) in [5.41, 5.74) is 2.24. The summed E-state index contributed by atoms with van der Waals surface area (Å²) in [7, 11) is 0. The lowest BCUT2D eigenvalue weighted by Gasteiger charge is -2.34. The number of nitrogens with one attached hydrogen (secondary N) is 2. The van der Waals surface area contributed by atoms with E-state index in [9.17, 15) is 9.59 Å². The van der Waals surface area contributed by atoms with Crippen LogP contribution in [-0.4, -0.2) is 43.4 Å². The highest BCUT2D eigenvalue weighted by atomic mass is 16.2. The van der Waals surface area contributed by atoms with Crippen LogP contribution in [-0.2, 0) is 4.79 Å². The molecule has 126 valence electrons. The number of aromatic amines is 2. The number of likely N-dealkylation sites (tertiary alicyclic amines) is 1. The summed E-state index contributed by atoms with van der Waals surface area (Å²) in [6.07, 6.45) is 5.31. The third kappa shape index (κ3) is 2.23. The van der Waals surface area contributed by atoms with Crippen molar-refractivity contribution in [3.63, 3.8) is 0 Å². The first-order chi connectivity index (χ1) is 11.6. The minimum atomic E-state index is -0.135. The number of carbonyl (C=O) groups is 1. The molecular formula is C17H21N5O2. The van der Waals surface area contributed by atoms with Crippen molar-refractivity contribution < 1.29 is 4.79 Å². The lowest BCUT2D eigenvalue weighted by atomic mass is 10.0. The maximum atomic E-state index is 12.6. The van der Waals surface area contributed by atoms with Gasteiger partial charge in [0, 0.05) is 30.6 Å². The number of aromatic nitrogens is 4. The quantitative estimate of drug-likeness (QED) is 0.755. The van der Waals surface area contributed by atoms with Crippen molar-refractivity contribution in [2.24, 2.45) is 5.92 Å². The summed E-state index contributed by atoms with van der Waals surface area (Å²) in [5, 5.41) is 0.929. The molecule has 7 heteroatoms. The molecule has 0 bridgehead atoms. The van der Waals surface area contributed by atoms with Crippen LogP contribution < -0.4 is 5.69 Å². The third-order valence-electron chi connectivity index (χ3n) is 4.83. The number of carbonyl (C=O) groups excluding carboxylic acids is 1. The zero-order chi connectivity index (χ0) is 16.8. The standard InChI is InChI=1S/C17H21N5O2/c1-10(2)16(23)21-7-3-4-11(9-21)22-14-12-5-6-18-15(12)19-8-13(14)20-17(22)24/h5-6,8,10-11H,3-4,7,9H2,1-2H3,(H,18,19)(H,20,24)/t11-/m1/s1. The Hall–Kier alpha value is -2.57. The Morgan fingerprint density at radius 3 is 3.04 bits per heavy atom. The molecule has 7 nitrogen and oxygen atoms in total. The first-order valence-corrected chi connectivity index (χ1v) is 8.41. The first kappa shape index (κ1) is 15.0. The average molecular weight is 327 g/mol. The molecule has 1 atom stereocenters. The molecule has 1 amide bonds.